The van der Waals surface area contributed by atoms with Gasteiger partial charge < -0.3 is 10.2 Å². The van der Waals surface area contributed by atoms with E-state index in [1.165, 1.54) is 47.6 Å². The predicted molar refractivity (Wildman–Crippen MR) is 149 cm³/mol. The Morgan fingerprint density at radius 3 is 2.35 bits per heavy atom. The van der Waals surface area contributed by atoms with Crippen molar-refractivity contribution in [1.29, 1.82) is 0 Å². The van der Waals surface area contributed by atoms with Gasteiger partial charge >= 0.3 is 0 Å². The number of rotatable bonds is 7. The molecule has 1 aliphatic heterocycles. The van der Waals surface area contributed by atoms with Crippen molar-refractivity contribution in [2.75, 3.05) is 21.5 Å². The summed E-state index contributed by atoms with van der Waals surface area (Å²) in [5.41, 5.74) is 4.97. The van der Waals surface area contributed by atoms with Crippen LogP contribution in [-0.4, -0.2) is 20.9 Å². The molecule has 5 rings (SSSR count). The van der Waals surface area contributed by atoms with Crippen LogP contribution < -0.4 is 14.9 Å². The second kappa shape index (κ2) is 10.5. The first kappa shape index (κ1) is 25.1. The molecule has 1 amide bonds. The van der Waals surface area contributed by atoms with Crippen molar-refractivity contribution in [1.82, 2.24) is 0 Å². The smallest absolute Gasteiger partial charge is 0.261 e. The van der Waals surface area contributed by atoms with Gasteiger partial charge in [0.2, 0.25) is 0 Å². The van der Waals surface area contributed by atoms with Crippen LogP contribution in [-0.2, 0) is 23.0 Å². The van der Waals surface area contributed by atoms with E-state index in [0.29, 0.717) is 16.3 Å². The number of sulfonamides is 1. The second-order valence-electron chi connectivity index (χ2n) is 8.71. The topological polar surface area (TPSA) is 78.5 Å². The van der Waals surface area contributed by atoms with E-state index in [-0.39, 0.29) is 21.5 Å². The number of halogens is 2. The minimum atomic E-state index is -3.87. The van der Waals surface area contributed by atoms with Gasteiger partial charge in [0.1, 0.15) is 0 Å². The average molecular weight is 552 g/mol. The van der Waals surface area contributed by atoms with Crippen LogP contribution in [0.1, 0.15) is 21.5 Å². The number of anilines is 3. The van der Waals surface area contributed by atoms with Crippen molar-refractivity contribution in [3.63, 3.8) is 0 Å². The molecule has 0 bridgehead atoms. The van der Waals surface area contributed by atoms with E-state index in [4.69, 9.17) is 23.2 Å². The van der Waals surface area contributed by atoms with Crippen LogP contribution in [0.5, 0.6) is 0 Å². The molecule has 0 unspecified atom stereocenters. The minimum absolute atomic E-state index is 0.0318. The Labute approximate surface area is 225 Å². The van der Waals surface area contributed by atoms with Crippen LogP contribution in [0.4, 0.5) is 17.1 Å². The molecule has 9 heteroatoms. The van der Waals surface area contributed by atoms with E-state index < -0.39 is 10.0 Å². The highest BCUT2D eigenvalue weighted by molar-refractivity contribution is 7.92. The summed E-state index contributed by atoms with van der Waals surface area (Å²) >= 11 is 11.9. The lowest BCUT2D eigenvalue weighted by Gasteiger charge is -2.19. The van der Waals surface area contributed by atoms with E-state index in [1.807, 2.05) is 12.1 Å². The largest absolute Gasteiger partial charge is 0.367 e. The van der Waals surface area contributed by atoms with Crippen LogP contribution in [0.25, 0.3) is 0 Å². The molecule has 0 aliphatic carbocycles. The van der Waals surface area contributed by atoms with Crippen LogP contribution >= 0.6 is 23.2 Å². The molecule has 0 aromatic heterocycles. The molecule has 0 spiro atoms. The second-order valence-corrected chi connectivity index (χ2v) is 11.2. The van der Waals surface area contributed by atoms with Crippen molar-refractivity contribution in [2.45, 2.75) is 17.9 Å². The quantitative estimate of drug-likeness (QED) is 0.271. The van der Waals surface area contributed by atoms with Gasteiger partial charge in [-0.2, -0.15) is 0 Å². The summed E-state index contributed by atoms with van der Waals surface area (Å²) in [5, 5.41) is 3.40. The summed E-state index contributed by atoms with van der Waals surface area (Å²) in [7, 11) is -3.87. The SMILES string of the molecule is O=C(Nc1ccc(S(=O)(=O)Nc2ccc(Cl)cc2Cl)cc1)c1ccc(CN2CCc3ccccc32)cc1. The van der Waals surface area contributed by atoms with Gasteiger partial charge in [0.25, 0.3) is 15.9 Å². The van der Waals surface area contributed by atoms with Gasteiger partial charge in [0.15, 0.2) is 0 Å². The molecule has 0 saturated heterocycles. The average Bonchev–Trinajstić information content (AvgIpc) is 3.29. The van der Waals surface area contributed by atoms with Gasteiger partial charge in [-0.3, -0.25) is 9.52 Å². The monoisotopic (exact) mass is 551 g/mol. The first-order chi connectivity index (χ1) is 17.8. The summed E-state index contributed by atoms with van der Waals surface area (Å²) in [6.45, 7) is 1.76. The molecule has 37 heavy (non-hydrogen) atoms. The predicted octanol–water partition coefficient (Wildman–Crippen LogP) is 6.61. The summed E-state index contributed by atoms with van der Waals surface area (Å²) < 4.78 is 27.9. The van der Waals surface area contributed by atoms with E-state index in [0.717, 1.165) is 25.1 Å². The number of para-hydroxylation sites is 1. The van der Waals surface area contributed by atoms with Gasteiger partial charge in [-0.05, 0) is 78.2 Å². The fourth-order valence-corrected chi connectivity index (χ4v) is 5.84. The van der Waals surface area contributed by atoms with E-state index in [2.05, 4.69) is 39.2 Å². The number of carbonyl (C=O) groups is 1. The third-order valence-corrected chi connectivity index (χ3v) is 8.10. The molecule has 0 fully saturated rings. The normalized spacial score (nSPS) is 12.8. The number of nitrogens with one attached hydrogen (secondary N) is 2. The zero-order valence-electron chi connectivity index (χ0n) is 19.6. The Bertz CT molecular complexity index is 1560. The molecule has 2 N–H and O–H groups in total. The first-order valence-corrected chi connectivity index (χ1v) is 13.8. The Morgan fingerprint density at radius 2 is 1.62 bits per heavy atom. The number of benzene rings is 4. The molecule has 0 radical (unpaired) electrons. The van der Waals surface area contributed by atoms with Gasteiger partial charge in [-0.1, -0.05) is 53.5 Å². The zero-order valence-corrected chi connectivity index (χ0v) is 21.9. The molecule has 0 atom stereocenters. The molecule has 1 aliphatic rings. The van der Waals surface area contributed by atoms with Crippen LogP contribution in [0.2, 0.25) is 10.0 Å². The summed E-state index contributed by atoms with van der Waals surface area (Å²) in [6.07, 6.45) is 1.04. The Morgan fingerprint density at radius 1 is 0.892 bits per heavy atom. The van der Waals surface area contributed by atoms with Gasteiger partial charge in [0.05, 0.1) is 15.6 Å². The third-order valence-electron chi connectivity index (χ3n) is 6.17. The lowest BCUT2D eigenvalue weighted by molar-refractivity contribution is 0.102. The Hall–Kier alpha value is -3.52. The first-order valence-electron chi connectivity index (χ1n) is 11.6. The maximum absolute atomic E-state index is 12.7. The fraction of sp³-hybridized carbons (Fsp3) is 0.107. The van der Waals surface area contributed by atoms with Gasteiger partial charge in [-0.25, -0.2) is 8.42 Å². The molecular formula is C28H23Cl2N3O3S. The standard InChI is InChI=1S/C28H23Cl2N3O3S/c29-22-9-14-26(25(30)17-22)32-37(35,36)24-12-10-23(11-13-24)31-28(34)21-7-5-19(6-8-21)18-33-16-15-20-3-1-2-4-27(20)33/h1-14,17,32H,15-16,18H2,(H,31,34). The fourth-order valence-electron chi connectivity index (χ4n) is 4.25. The Kier molecular flexibility index (Phi) is 7.11. The molecule has 4 aromatic carbocycles. The van der Waals surface area contributed by atoms with E-state index in [1.54, 1.807) is 18.2 Å². The summed E-state index contributed by atoms with van der Waals surface area (Å²) in [5.74, 6) is -0.278. The molecule has 188 valence electrons. The third kappa shape index (κ3) is 5.74. The van der Waals surface area contributed by atoms with Crippen molar-refractivity contribution >= 4 is 56.2 Å². The van der Waals surface area contributed by atoms with Crippen LogP contribution in [0.3, 0.4) is 0 Å². The van der Waals surface area contributed by atoms with E-state index in [9.17, 15) is 13.2 Å². The van der Waals surface area contributed by atoms with Gasteiger partial charge in [-0.15, -0.1) is 0 Å². The molecular weight excluding hydrogens is 529 g/mol. The molecule has 4 aromatic rings. The van der Waals surface area contributed by atoms with Crippen molar-refractivity contribution in [3.8, 4) is 0 Å². The Balaban J connectivity index is 1.21. The zero-order chi connectivity index (χ0) is 26.0. The number of amides is 1. The maximum atomic E-state index is 12.7. The summed E-state index contributed by atoms with van der Waals surface area (Å²) in [6, 6.07) is 26.3. The van der Waals surface area contributed by atoms with Gasteiger partial charge in [0, 0.05) is 35.1 Å². The van der Waals surface area contributed by atoms with Crippen molar-refractivity contribution in [3.05, 3.63) is 118 Å². The summed E-state index contributed by atoms with van der Waals surface area (Å²) in [4.78, 5) is 15.1. The minimum Gasteiger partial charge on any atom is -0.367 e. The molecule has 0 saturated carbocycles. The van der Waals surface area contributed by atoms with Crippen LogP contribution in [0.15, 0.2) is 95.9 Å². The lowest BCUT2D eigenvalue weighted by atomic mass is 10.1. The molecule has 6 nitrogen and oxygen atoms in total. The number of hydrogen-bond acceptors (Lipinski definition) is 4. The van der Waals surface area contributed by atoms with Crippen LogP contribution in [0, 0.1) is 0 Å². The number of carbonyl (C=O) groups excluding carboxylic acids is 1. The number of nitrogens with zero attached hydrogens (tertiary/aromatic N) is 1. The highest BCUT2D eigenvalue weighted by Crippen LogP contribution is 2.29. The highest BCUT2D eigenvalue weighted by atomic mass is 35.5. The highest BCUT2D eigenvalue weighted by Gasteiger charge is 2.19. The number of fused-ring (bicyclic) bond motifs is 1. The number of hydrogen-bond donors (Lipinski definition) is 2. The van der Waals surface area contributed by atoms with E-state index >= 15 is 0 Å². The molecule has 1 heterocycles. The lowest BCUT2D eigenvalue weighted by Crippen LogP contribution is -2.19. The van der Waals surface area contributed by atoms with Crippen molar-refractivity contribution in [2.24, 2.45) is 0 Å². The maximum Gasteiger partial charge on any atom is 0.261 e. The van der Waals surface area contributed by atoms with Crippen molar-refractivity contribution < 1.29 is 13.2 Å².